The molecule has 0 saturated carbocycles. The molecule has 1 aromatic carbocycles. The van der Waals surface area contributed by atoms with Crippen molar-refractivity contribution in [1.29, 1.82) is 5.41 Å². The zero-order valence-electron chi connectivity index (χ0n) is 11.4. The quantitative estimate of drug-likeness (QED) is 0.671. The lowest BCUT2D eigenvalue weighted by Crippen LogP contribution is -2.30. The van der Waals surface area contributed by atoms with Gasteiger partial charge in [0, 0.05) is 17.8 Å². The third-order valence-electron chi connectivity index (χ3n) is 3.04. The summed E-state index contributed by atoms with van der Waals surface area (Å²) < 4.78 is 0. The Hall–Kier alpha value is -2.16. The lowest BCUT2D eigenvalue weighted by molar-refractivity contribution is 0.427. The first-order chi connectivity index (χ1) is 9.20. The van der Waals surface area contributed by atoms with E-state index >= 15 is 0 Å². The summed E-state index contributed by atoms with van der Waals surface area (Å²) in [6.07, 6.45) is 0. The highest BCUT2D eigenvalue weighted by molar-refractivity contribution is 5.96. The van der Waals surface area contributed by atoms with E-state index in [1.165, 1.54) is 0 Å². The lowest BCUT2D eigenvalue weighted by Gasteiger charge is -2.23. The van der Waals surface area contributed by atoms with E-state index < -0.39 is 0 Å². The van der Waals surface area contributed by atoms with Crippen molar-refractivity contribution in [2.24, 2.45) is 0 Å². The van der Waals surface area contributed by atoms with Gasteiger partial charge in [0.25, 0.3) is 0 Å². The van der Waals surface area contributed by atoms with Gasteiger partial charge in [-0.25, -0.2) is 0 Å². The lowest BCUT2D eigenvalue weighted by atomic mass is 10.2. The number of aromatic nitrogens is 1. The van der Waals surface area contributed by atoms with Crippen molar-refractivity contribution in [3.05, 3.63) is 65.5 Å². The van der Waals surface area contributed by atoms with Gasteiger partial charge in [0.05, 0.1) is 12.2 Å². The highest BCUT2D eigenvalue weighted by atomic mass is 15.2. The van der Waals surface area contributed by atoms with Crippen molar-refractivity contribution in [3.8, 4) is 0 Å². The molecule has 1 heterocycles. The molecule has 3 heteroatoms. The molecule has 1 N–H and O–H groups in total. The Kier molecular flexibility index (Phi) is 4.29. The largest absolute Gasteiger partial charge is 0.351 e. The zero-order chi connectivity index (χ0) is 13.7. The zero-order valence-corrected chi connectivity index (χ0v) is 11.4. The van der Waals surface area contributed by atoms with Gasteiger partial charge in [-0.3, -0.25) is 10.4 Å². The van der Waals surface area contributed by atoms with Crippen molar-refractivity contribution >= 4 is 5.84 Å². The molecule has 2 aromatic rings. The van der Waals surface area contributed by atoms with Crippen LogP contribution in [0.15, 0.2) is 48.5 Å². The van der Waals surface area contributed by atoms with Gasteiger partial charge in [0.2, 0.25) is 0 Å². The molecule has 0 radical (unpaired) electrons. The van der Waals surface area contributed by atoms with Gasteiger partial charge in [0.1, 0.15) is 5.84 Å². The molecular formula is C16H19N3. The smallest absolute Gasteiger partial charge is 0.128 e. The Labute approximate surface area is 114 Å². The molecule has 1 aromatic heterocycles. The number of nitrogens with one attached hydrogen (secondary N) is 1. The number of pyridine rings is 1. The second-order valence-corrected chi connectivity index (χ2v) is 4.50. The van der Waals surface area contributed by atoms with E-state index in [0.717, 1.165) is 23.5 Å². The predicted octanol–water partition coefficient (Wildman–Crippen LogP) is 3.24. The Morgan fingerprint density at radius 3 is 2.47 bits per heavy atom. The number of aryl methyl sites for hydroxylation is 1. The molecule has 0 spiro atoms. The first-order valence-electron chi connectivity index (χ1n) is 6.52. The van der Waals surface area contributed by atoms with Crippen molar-refractivity contribution in [1.82, 2.24) is 9.88 Å². The molecule has 0 atom stereocenters. The minimum atomic E-state index is 0.548. The monoisotopic (exact) mass is 253 g/mol. The van der Waals surface area contributed by atoms with E-state index in [1.807, 2.05) is 60.4 Å². The average Bonchev–Trinajstić information content (AvgIpc) is 2.45. The van der Waals surface area contributed by atoms with Crippen LogP contribution in [0.25, 0.3) is 0 Å². The molecular weight excluding hydrogens is 234 g/mol. The summed E-state index contributed by atoms with van der Waals surface area (Å²) in [5.41, 5.74) is 2.96. The maximum absolute atomic E-state index is 8.29. The second-order valence-electron chi connectivity index (χ2n) is 4.50. The molecule has 19 heavy (non-hydrogen) atoms. The molecule has 0 bridgehead atoms. The Balaban J connectivity index is 2.15. The fourth-order valence-electron chi connectivity index (χ4n) is 2.01. The molecule has 0 saturated heterocycles. The third kappa shape index (κ3) is 3.41. The van der Waals surface area contributed by atoms with Gasteiger partial charge in [-0.15, -0.1) is 0 Å². The van der Waals surface area contributed by atoms with Crippen LogP contribution in [0, 0.1) is 12.3 Å². The van der Waals surface area contributed by atoms with Gasteiger partial charge < -0.3 is 4.90 Å². The highest BCUT2D eigenvalue weighted by Gasteiger charge is 2.10. The maximum Gasteiger partial charge on any atom is 0.128 e. The van der Waals surface area contributed by atoms with Crippen LogP contribution in [-0.4, -0.2) is 22.3 Å². The SMILES string of the molecule is CCN(Cc1cccc(C)n1)C(=N)c1ccccc1. The van der Waals surface area contributed by atoms with Crippen LogP contribution in [0.2, 0.25) is 0 Å². The van der Waals surface area contributed by atoms with Gasteiger partial charge in [0.15, 0.2) is 0 Å². The van der Waals surface area contributed by atoms with E-state index in [9.17, 15) is 0 Å². The molecule has 0 aliphatic rings. The summed E-state index contributed by atoms with van der Waals surface area (Å²) >= 11 is 0. The van der Waals surface area contributed by atoms with Gasteiger partial charge in [-0.05, 0) is 26.0 Å². The van der Waals surface area contributed by atoms with Crippen molar-refractivity contribution in [2.45, 2.75) is 20.4 Å². The Morgan fingerprint density at radius 1 is 1.11 bits per heavy atom. The average molecular weight is 253 g/mol. The van der Waals surface area contributed by atoms with Crippen LogP contribution in [0.4, 0.5) is 0 Å². The van der Waals surface area contributed by atoms with Crippen molar-refractivity contribution < 1.29 is 0 Å². The summed E-state index contributed by atoms with van der Waals surface area (Å²) in [4.78, 5) is 6.52. The third-order valence-corrected chi connectivity index (χ3v) is 3.04. The fourth-order valence-corrected chi connectivity index (χ4v) is 2.01. The van der Waals surface area contributed by atoms with Gasteiger partial charge in [-0.2, -0.15) is 0 Å². The van der Waals surface area contributed by atoms with Crippen LogP contribution in [0.3, 0.4) is 0 Å². The van der Waals surface area contributed by atoms with E-state index in [-0.39, 0.29) is 0 Å². The summed E-state index contributed by atoms with van der Waals surface area (Å²) in [5.74, 6) is 0.548. The molecule has 0 amide bonds. The van der Waals surface area contributed by atoms with Gasteiger partial charge in [-0.1, -0.05) is 36.4 Å². The van der Waals surface area contributed by atoms with Crippen LogP contribution in [0.5, 0.6) is 0 Å². The van der Waals surface area contributed by atoms with E-state index in [0.29, 0.717) is 12.4 Å². The molecule has 0 aliphatic heterocycles. The molecule has 0 fully saturated rings. The summed E-state index contributed by atoms with van der Waals surface area (Å²) in [5, 5.41) is 8.29. The minimum Gasteiger partial charge on any atom is -0.351 e. The van der Waals surface area contributed by atoms with E-state index in [1.54, 1.807) is 0 Å². The maximum atomic E-state index is 8.29. The summed E-state index contributed by atoms with van der Waals surface area (Å²) in [7, 11) is 0. The van der Waals surface area contributed by atoms with Crippen molar-refractivity contribution in [2.75, 3.05) is 6.54 Å². The number of hydrogen-bond acceptors (Lipinski definition) is 2. The number of rotatable bonds is 4. The van der Waals surface area contributed by atoms with Crippen LogP contribution >= 0.6 is 0 Å². The first kappa shape index (κ1) is 13.3. The molecule has 2 rings (SSSR count). The Bertz CT molecular complexity index is 549. The van der Waals surface area contributed by atoms with Gasteiger partial charge >= 0.3 is 0 Å². The number of amidine groups is 1. The number of benzene rings is 1. The fraction of sp³-hybridized carbons (Fsp3) is 0.250. The van der Waals surface area contributed by atoms with Crippen LogP contribution in [-0.2, 0) is 6.54 Å². The molecule has 98 valence electrons. The summed E-state index contributed by atoms with van der Waals surface area (Å²) in [6.45, 7) is 5.52. The molecule has 3 nitrogen and oxygen atoms in total. The number of nitrogens with zero attached hydrogens (tertiary/aromatic N) is 2. The molecule has 0 unspecified atom stereocenters. The Morgan fingerprint density at radius 2 is 1.84 bits per heavy atom. The highest BCUT2D eigenvalue weighted by Crippen LogP contribution is 2.09. The second kappa shape index (κ2) is 6.14. The molecule has 0 aliphatic carbocycles. The minimum absolute atomic E-state index is 0.548. The van der Waals surface area contributed by atoms with Crippen LogP contribution in [0.1, 0.15) is 23.9 Å². The van der Waals surface area contributed by atoms with Crippen LogP contribution < -0.4 is 0 Å². The number of hydrogen-bond donors (Lipinski definition) is 1. The predicted molar refractivity (Wildman–Crippen MR) is 78.3 cm³/mol. The summed E-state index contributed by atoms with van der Waals surface area (Å²) in [6, 6.07) is 15.8. The first-order valence-corrected chi connectivity index (χ1v) is 6.52. The standard InChI is InChI=1S/C16H19N3/c1-3-19(12-15-11-7-8-13(2)18-15)16(17)14-9-5-4-6-10-14/h4-11,17H,3,12H2,1-2H3. The van der Waals surface area contributed by atoms with E-state index in [2.05, 4.69) is 11.9 Å². The van der Waals surface area contributed by atoms with E-state index in [4.69, 9.17) is 5.41 Å². The topological polar surface area (TPSA) is 40.0 Å². The van der Waals surface area contributed by atoms with Crippen molar-refractivity contribution in [3.63, 3.8) is 0 Å². The normalized spacial score (nSPS) is 10.2.